The van der Waals surface area contributed by atoms with Crippen LogP contribution < -0.4 is 5.32 Å². The van der Waals surface area contributed by atoms with Gasteiger partial charge in [0, 0.05) is 18.8 Å². The Morgan fingerprint density at radius 1 is 1.20 bits per heavy atom. The third kappa shape index (κ3) is 1.80. The number of aromatic nitrogens is 2. The first kappa shape index (κ1) is 12.4. The highest BCUT2D eigenvalue weighted by molar-refractivity contribution is 5.95. The Morgan fingerprint density at radius 3 is 2.30 bits per heavy atom. The fourth-order valence-electron chi connectivity index (χ4n) is 5.11. The molecule has 4 aliphatic carbocycles. The Kier molecular flexibility index (Phi) is 2.69. The predicted octanol–water partition coefficient (Wildman–Crippen LogP) is 2.28. The average Bonchev–Trinajstić information content (AvgIpc) is 2.73. The summed E-state index contributed by atoms with van der Waals surface area (Å²) in [6.07, 6.45) is 8.50. The van der Waals surface area contributed by atoms with E-state index >= 15 is 0 Å². The van der Waals surface area contributed by atoms with E-state index in [1.807, 2.05) is 14.0 Å². The summed E-state index contributed by atoms with van der Waals surface area (Å²) in [6, 6.07) is 0.412. The molecular formula is C16H23N3O. The second-order valence-electron chi connectivity index (χ2n) is 7.20. The molecule has 0 aromatic carbocycles. The molecule has 1 amide bonds. The van der Waals surface area contributed by atoms with Crippen molar-refractivity contribution in [2.24, 2.45) is 30.7 Å². The molecular weight excluding hydrogens is 250 g/mol. The normalized spacial score (nSPS) is 38.2. The van der Waals surface area contributed by atoms with Crippen LogP contribution in [-0.2, 0) is 7.05 Å². The van der Waals surface area contributed by atoms with Gasteiger partial charge in [-0.05, 0) is 62.7 Å². The number of nitrogens with zero attached hydrogens (tertiary/aromatic N) is 2. The summed E-state index contributed by atoms with van der Waals surface area (Å²) in [5.41, 5.74) is 1.69. The summed E-state index contributed by atoms with van der Waals surface area (Å²) in [5.74, 6) is 3.43. The van der Waals surface area contributed by atoms with Crippen LogP contribution in [0, 0.1) is 30.6 Å². The van der Waals surface area contributed by atoms with Crippen LogP contribution >= 0.6 is 0 Å². The lowest BCUT2D eigenvalue weighted by atomic mass is 9.54. The summed E-state index contributed by atoms with van der Waals surface area (Å²) in [5, 5.41) is 7.52. The molecule has 0 radical (unpaired) electrons. The number of nitrogens with one attached hydrogen (secondary N) is 1. The van der Waals surface area contributed by atoms with Gasteiger partial charge in [-0.3, -0.25) is 9.48 Å². The van der Waals surface area contributed by atoms with E-state index in [-0.39, 0.29) is 5.91 Å². The van der Waals surface area contributed by atoms with Crippen molar-refractivity contribution in [3.05, 3.63) is 17.5 Å². The predicted molar refractivity (Wildman–Crippen MR) is 76.2 cm³/mol. The zero-order valence-electron chi connectivity index (χ0n) is 12.3. The maximum Gasteiger partial charge on any atom is 0.254 e. The molecule has 4 saturated carbocycles. The van der Waals surface area contributed by atoms with Crippen molar-refractivity contribution in [3.63, 3.8) is 0 Å². The van der Waals surface area contributed by atoms with E-state index in [1.165, 1.54) is 32.1 Å². The molecule has 20 heavy (non-hydrogen) atoms. The molecule has 4 nitrogen and oxygen atoms in total. The average molecular weight is 273 g/mol. The smallest absolute Gasteiger partial charge is 0.254 e. The van der Waals surface area contributed by atoms with E-state index in [0.717, 1.165) is 34.9 Å². The molecule has 1 aromatic rings. The molecule has 4 heteroatoms. The highest BCUT2D eigenvalue weighted by atomic mass is 16.1. The van der Waals surface area contributed by atoms with Crippen LogP contribution in [0.25, 0.3) is 0 Å². The van der Waals surface area contributed by atoms with E-state index in [1.54, 1.807) is 10.9 Å². The van der Waals surface area contributed by atoms with Crippen molar-refractivity contribution in [2.45, 2.75) is 45.1 Å². The molecule has 0 spiro atoms. The molecule has 108 valence electrons. The fraction of sp³-hybridized carbons (Fsp3) is 0.750. The number of hydrogen-bond acceptors (Lipinski definition) is 2. The van der Waals surface area contributed by atoms with E-state index < -0.39 is 0 Å². The minimum Gasteiger partial charge on any atom is -0.349 e. The Hall–Kier alpha value is -1.32. The first-order chi connectivity index (χ1) is 9.61. The number of aryl methyl sites for hydroxylation is 1. The second-order valence-corrected chi connectivity index (χ2v) is 7.20. The Labute approximate surface area is 119 Å². The summed E-state index contributed by atoms with van der Waals surface area (Å²) in [6.45, 7) is 1.96. The monoisotopic (exact) mass is 273 g/mol. The van der Waals surface area contributed by atoms with Crippen molar-refractivity contribution in [3.8, 4) is 0 Å². The summed E-state index contributed by atoms with van der Waals surface area (Å²) in [7, 11) is 1.88. The SMILES string of the molecule is Cc1c(C(=O)NC2C3CC4CC(C3)CC2C4)cnn1C. The standard InChI is InChI=1S/C16H23N3O/c1-9-14(8-17-19(9)2)16(20)18-15-12-4-10-3-11(6-12)7-13(15)5-10/h8,10-13,15H,3-7H2,1-2H3,(H,18,20). The summed E-state index contributed by atoms with van der Waals surface area (Å²) >= 11 is 0. The topological polar surface area (TPSA) is 46.9 Å². The number of carbonyl (C=O) groups is 1. The van der Waals surface area contributed by atoms with Crippen LogP contribution in [0.1, 0.15) is 48.2 Å². The van der Waals surface area contributed by atoms with Gasteiger partial charge in [-0.2, -0.15) is 5.10 Å². The lowest BCUT2D eigenvalue weighted by Gasteiger charge is -2.54. The van der Waals surface area contributed by atoms with Gasteiger partial charge in [-0.15, -0.1) is 0 Å². The number of amides is 1. The summed E-state index contributed by atoms with van der Waals surface area (Å²) in [4.78, 5) is 12.5. The van der Waals surface area contributed by atoms with E-state index in [0.29, 0.717) is 6.04 Å². The van der Waals surface area contributed by atoms with Gasteiger partial charge in [0.2, 0.25) is 0 Å². The third-order valence-electron chi connectivity index (χ3n) is 6.00. The highest BCUT2D eigenvalue weighted by Crippen LogP contribution is 2.53. The lowest BCUT2D eigenvalue weighted by molar-refractivity contribution is -0.0119. The molecule has 1 heterocycles. The zero-order valence-corrected chi connectivity index (χ0v) is 12.3. The molecule has 4 bridgehead atoms. The van der Waals surface area contributed by atoms with Gasteiger partial charge in [-0.25, -0.2) is 0 Å². The number of rotatable bonds is 2. The number of hydrogen-bond donors (Lipinski definition) is 1. The molecule has 0 aliphatic heterocycles. The van der Waals surface area contributed by atoms with E-state index in [4.69, 9.17) is 0 Å². The largest absolute Gasteiger partial charge is 0.349 e. The maximum absolute atomic E-state index is 12.5. The first-order valence-corrected chi connectivity index (χ1v) is 7.91. The van der Waals surface area contributed by atoms with E-state index in [9.17, 15) is 4.79 Å². The molecule has 4 fully saturated rings. The summed E-state index contributed by atoms with van der Waals surface area (Å²) < 4.78 is 1.77. The van der Waals surface area contributed by atoms with Crippen LogP contribution in [-0.4, -0.2) is 21.7 Å². The molecule has 0 unspecified atom stereocenters. The van der Waals surface area contributed by atoms with Crippen LogP contribution in [0.5, 0.6) is 0 Å². The second kappa shape index (κ2) is 4.34. The fourth-order valence-corrected chi connectivity index (χ4v) is 5.11. The van der Waals surface area contributed by atoms with Gasteiger partial charge >= 0.3 is 0 Å². The van der Waals surface area contributed by atoms with Crippen molar-refractivity contribution in [1.82, 2.24) is 15.1 Å². The molecule has 0 saturated heterocycles. The van der Waals surface area contributed by atoms with Crippen molar-refractivity contribution < 1.29 is 4.79 Å². The molecule has 4 aliphatic rings. The lowest BCUT2D eigenvalue weighted by Crippen LogP contribution is -2.55. The molecule has 5 rings (SSSR count). The van der Waals surface area contributed by atoms with Gasteiger partial charge in [0.25, 0.3) is 5.91 Å². The quantitative estimate of drug-likeness (QED) is 0.898. The Balaban J connectivity index is 1.52. The minimum atomic E-state index is 0.0769. The van der Waals surface area contributed by atoms with Gasteiger partial charge in [0.05, 0.1) is 11.8 Å². The Morgan fingerprint density at radius 2 is 1.80 bits per heavy atom. The van der Waals surface area contributed by atoms with Gasteiger partial charge in [0.1, 0.15) is 0 Å². The third-order valence-corrected chi connectivity index (χ3v) is 6.00. The van der Waals surface area contributed by atoms with Crippen LogP contribution in [0.15, 0.2) is 6.20 Å². The van der Waals surface area contributed by atoms with Gasteiger partial charge in [-0.1, -0.05) is 0 Å². The van der Waals surface area contributed by atoms with Crippen molar-refractivity contribution in [1.29, 1.82) is 0 Å². The zero-order chi connectivity index (χ0) is 13.9. The van der Waals surface area contributed by atoms with Crippen LogP contribution in [0.3, 0.4) is 0 Å². The van der Waals surface area contributed by atoms with E-state index in [2.05, 4.69) is 10.4 Å². The highest BCUT2D eigenvalue weighted by Gasteiger charge is 2.48. The van der Waals surface area contributed by atoms with Crippen LogP contribution in [0.4, 0.5) is 0 Å². The van der Waals surface area contributed by atoms with Crippen LogP contribution in [0.2, 0.25) is 0 Å². The van der Waals surface area contributed by atoms with Crippen molar-refractivity contribution in [2.75, 3.05) is 0 Å². The minimum absolute atomic E-state index is 0.0769. The molecule has 0 atom stereocenters. The van der Waals surface area contributed by atoms with Gasteiger partial charge in [0.15, 0.2) is 0 Å². The van der Waals surface area contributed by atoms with Crippen molar-refractivity contribution >= 4 is 5.91 Å². The maximum atomic E-state index is 12.5. The molecule has 1 N–H and O–H groups in total. The first-order valence-electron chi connectivity index (χ1n) is 7.91. The molecule has 1 aromatic heterocycles. The van der Waals surface area contributed by atoms with Gasteiger partial charge < -0.3 is 5.32 Å². The number of carbonyl (C=O) groups excluding carboxylic acids is 1. The Bertz CT molecular complexity index is 520.